The molecule has 1 N–H and O–H groups in total. The zero-order valence-electron chi connectivity index (χ0n) is 10.9. The van der Waals surface area contributed by atoms with Gasteiger partial charge < -0.3 is 5.11 Å². The molecule has 0 amide bonds. The number of carbonyl (C=O) groups is 1. The molecule has 0 radical (unpaired) electrons. The third-order valence-electron chi connectivity index (χ3n) is 3.68. The first kappa shape index (κ1) is 13.8. The minimum atomic E-state index is -0.413. The van der Waals surface area contributed by atoms with Crippen LogP contribution in [0.4, 0.5) is 5.69 Å². The second-order valence-electron chi connectivity index (χ2n) is 5.33. The van der Waals surface area contributed by atoms with Gasteiger partial charge in [0.15, 0.2) is 5.78 Å². The largest absolute Gasteiger partial charge is 0.506 e. The number of aliphatic imine (C=N–C) groups is 1. The third-order valence-corrected chi connectivity index (χ3v) is 5.06. The maximum absolute atomic E-state index is 11.6. The van der Waals surface area contributed by atoms with Crippen molar-refractivity contribution in [1.29, 1.82) is 0 Å². The van der Waals surface area contributed by atoms with Crippen molar-refractivity contribution < 1.29 is 9.90 Å². The monoisotopic (exact) mass is 395 g/mol. The average molecular weight is 397 g/mol. The van der Waals surface area contributed by atoms with Gasteiger partial charge in [0.1, 0.15) is 5.75 Å². The van der Waals surface area contributed by atoms with Gasteiger partial charge in [-0.25, -0.2) is 4.99 Å². The number of phenols is 1. The number of carbonyl (C=O) groups excluding carboxylic acids is 1. The summed E-state index contributed by atoms with van der Waals surface area (Å²) in [5.74, 6) is 0.113. The van der Waals surface area contributed by atoms with Gasteiger partial charge in [-0.1, -0.05) is 13.8 Å². The average Bonchev–Trinajstić information content (AvgIpc) is 2.37. The molecule has 1 aromatic rings. The summed E-state index contributed by atoms with van der Waals surface area (Å²) in [4.78, 5) is 16.2. The van der Waals surface area contributed by atoms with E-state index in [0.717, 1.165) is 22.5 Å². The van der Waals surface area contributed by atoms with E-state index in [1.54, 1.807) is 18.2 Å². The van der Waals surface area contributed by atoms with Crippen LogP contribution in [0.2, 0.25) is 0 Å². The van der Waals surface area contributed by atoms with Crippen molar-refractivity contribution in [2.45, 2.75) is 19.3 Å². The normalized spacial score (nSPS) is 19.1. The quantitative estimate of drug-likeness (QED) is 0.663. The summed E-state index contributed by atoms with van der Waals surface area (Å²) in [5, 5.41) is 10.1. The molecule has 0 aromatic heterocycles. The number of ketones is 1. The van der Waals surface area contributed by atoms with Crippen LogP contribution in [0.3, 0.4) is 0 Å². The lowest BCUT2D eigenvalue weighted by Gasteiger charge is -2.35. The predicted molar refractivity (Wildman–Crippen MR) is 85.9 cm³/mol. The summed E-state index contributed by atoms with van der Waals surface area (Å²) in [5.41, 5.74) is 2.93. The minimum absolute atomic E-state index is 0.0343. The van der Waals surface area contributed by atoms with Crippen molar-refractivity contribution in [3.8, 4) is 5.75 Å². The fourth-order valence-electron chi connectivity index (χ4n) is 2.66. The number of benzene rings is 1. The molecule has 102 valence electrons. The molecule has 5 heteroatoms. The molecule has 0 bridgehead atoms. The Bertz CT molecular complexity index is 743. The van der Waals surface area contributed by atoms with Crippen LogP contribution in [0.15, 0.2) is 43.8 Å². The van der Waals surface area contributed by atoms with Gasteiger partial charge >= 0.3 is 0 Å². The van der Waals surface area contributed by atoms with E-state index in [-0.39, 0.29) is 11.5 Å². The zero-order valence-corrected chi connectivity index (χ0v) is 14.0. The second kappa shape index (κ2) is 4.40. The molecule has 20 heavy (non-hydrogen) atoms. The summed E-state index contributed by atoms with van der Waals surface area (Å²) in [7, 11) is 0. The van der Waals surface area contributed by atoms with Crippen molar-refractivity contribution in [2.24, 2.45) is 4.99 Å². The Labute approximate surface area is 133 Å². The second-order valence-corrected chi connectivity index (χ2v) is 6.98. The van der Waals surface area contributed by atoms with Gasteiger partial charge in [-0.15, -0.1) is 0 Å². The van der Waals surface area contributed by atoms with Gasteiger partial charge in [0.2, 0.25) is 0 Å². The summed E-state index contributed by atoms with van der Waals surface area (Å²) >= 11 is 6.77. The zero-order chi connectivity index (χ0) is 14.7. The lowest BCUT2D eigenvalue weighted by Crippen LogP contribution is -2.31. The van der Waals surface area contributed by atoms with Crippen molar-refractivity contribution in [2.75, 3.05) is 0 Å². The van der Waals surface area contributed by atoms with Crippen LogP contribution >= 0.6 is 31.9 Å². The van der Waals surface area contributed by atoms with Gasteiger partial charge in [0, 0.05) is 11.0 Å². The molecule has 1 aromatic carbocycles. The van der Waals surface area contributed by atoms with E-state index in [4.69, 9.17) is 0 Å². The van der Waals surface area contributed by atoms with Crippen molar-refractivity contribution >= 4 is 49.0 Å². The highest BCUT2D eigenvalue weighted by Gasteiger charge is 2.38. The topological polar surface area (TPSA) is 49.7 Å². The van der Waals surface area contributed by atoms with E-state index in [2.05, 4.69) is 36.9 Å². The lowest BCUT2D eigenvalue weighted by molar-refractivity contribution is -0.110. The van der Waals surface area contributed by atoms with E-state index in [1.165, 1.54) is 6.08 Å². The number of hydrogen-bond acceptors (Lipinski definition) is 3. The van der Waals surface area contributed by atoms with Gasteiger partial charge in [-0.3, -0.25) is 4.79 Å². The highest BCUT2D eigenvalue weighted by Crippen LogP contribution is 2.51. The number of allylic oxidation sites excluding steroid dienone is 4. The number of hydrogen-bond donors (Lipinski definition) is 1. The summed E-state index contributed by atoms with van der Waals surface area (Å²) in [6.07, 6.45) is 4.89. The van der Waals surface area contributed by atoms with Crippen LogP contribution in [0.1, 0.15) is 19.4 Å². The standard InChI is InChI=1S/C15H11Br2NO2/c1-15(2)8-5-7(19)3-4-10(8)18-11-6-9(16)14(20)13(17)12(11)15/h3-6,20H,1-2H3. The number of aromatic hydroxyl groups is 1. The van der Waals surface area contributed by atoms with Crippen LogP contribution in [-0.4, -0.2) is 16.6 Å². The van der Waals surface area contributed by atoms with Gasteiger partial charge in [-0.05, 0) is 61.7 Å². The number of rotatable bonds is 0. The highest BCUT2D eigenvalue weighted by atomic mass is 79.9. The Morgan fingerprint density at radius 1 is 1.25 bits per heavy atom. The van der Waals surface area contributed by atoms with Crippen molar-refractivity contribution in [3.63, 3.8) is 0 Å². The van der Waals surface area contributed by atoms with Crippen molar-refractivity contribution in [3.05, 3.63) is 44.4 Å². The van der Waals surface area contributed by atoms with Crippen LogP contribution in [0, 0.1) is 0 Å². The molecule has 0 atom stereocenters. The molecule has 3 nitrogen and oxygen atoms in total. The van der Waals surface area contributed by atoms with E-state index < -0.39 is 5.41 Å². The van der Waals surface area contributed by atoms with Crippen LogP contribution < -0.4 is 0 Å². The first-order valence-electron chi connectivity index (χ1n) is 6.07. The molecule has 1 aliphatic heterocycles. The fourth-order valence-corrected chi connectivity index (χ4v) is 4.25. The van der Waals surface area contributed by atoms with Crippen molar-refractivity contribution in [1.82, 2.24) is 0 Å². The lowest BCUT2D eigenvalue weighted by atomic mass is 9.71. The highest BCUT2D eigenvalue weighted by molar-refractivity contribution is 9.11. The predicted octanol–water partition coefficient (Wildman–Crippen LogP) is 4.35. The molecule has 2 aliphatic rings. The fraction of sp³-hybridized carbons (Fsp3) is 0.200. The Morgan fingerprint density at radius 2 is 1.95 bits per heavy atom. The Morgan fingerprint density at radius 3 is 2.65 bits per heavy atom. The first-order chi connectivity index (χ1) is 9.32. The van der Waals surface area contributed by atoms with E-state index in [1.807, 2.05) is 13.8 Å². The Kier molecular flexibility index (Phi) is 3.03. The maximum atomic E-state index is 11.6. The van der Waals surface area contributed by atoms with E-state index in [0.29, 0.717) is 8.95 Å². The Hall–Kier alpha value is -1.20. The van der Waals surface area contributed by atoms with Gasteiger partial charge in [-0.2, -0.15) is 0 Å². The molecule has 0 fully saturated rings. The molecule has 1 heterocycles. The molecule has 0 spiro atoms. The van der Waals surface area contributed by atoms with Crippen LogP contribution in [0.25, 0.3) is 0 Å². The number of nitrogens with zero attached hydrogens (tertiary/aromatic N) is 1. The summed E-state index contributed by atoms with van der Waals surface area (Å²) < 4.78 is 1.20. The SMILES string of the molecule is CC1(C)C2=CC(=O)C=CC2=Nc2cc(Br)c(O)c(Br)c21. The molecular weight excluding hydrogens is 386 g/mol. The Balaban J connectivity index is 2.38. The smallest absolute Gasteiger partial charge is 0.179 e. The number of phenolic OH excluding ortho intramolecular Hbond substituents is 1. The number of halogens is 2. The van der Waals surface area contributed by atoms with Crippen LogP contribution in [-0.2, 0) is 10.2 Å². The molecule has 0 unspecified atom stereocenters. The minimum Gasteiger partial charge on any atom is -0.506 e. The molecule has 3 rings (SSSR count). The third kappa shape index (κ3) is 1.84. The first-order valence-corrected chi connectivity index (χ1v) is 7.65. The molecule has 1 aliphatic carbocycles. The molecule has 0 saturated carbocycles. The van der Waals surface area contributed by atoms with Gasteiger partial charge in [0.05, 0.1) is 20.3 Å². The number of fused-ring (bicyclic) bond motifs is 2. The summed E-state index contributed by atoms with van der Waals surface area (Å²) in [6.45, 7) is 4.05. The van der Waals surface area contributed by atoms with E-state index >= 15 is 0 Å². The van der Waals surface area contributed by atoms with Crippen LogP contribution in [0.5, 0.6) is 5.75 Å². The van der Waals surface area contributed by atoms with E-state index in [9.17, 15) is 9.90 Å². The summed E-state index contributed by atoms with van der Waals surface area (Å²) in [6, 6.07) is 1.80. The maximum Gasteiger partial charge on any atom is 0.179 e. The van der Waals surface area contributed by atoms with Gasteiger partial charge in [0.25, 0.3) is 0 Å². The molecule has 0 saturated heterocycles. The molecular formula is C15H11Br2NO2.